The van der Waals surface area contributed by atoms with Crippen molar-refractivity contribution in [2.75, 3.05) is 0 Å². The van der Waals surface area contributed by atoms with Crippen molar-refractivity contribution in [2.45, 2.75) is 0 Å². The number of hydrogen-bond acceptors (Lipinski definition) is 3. The average molecular weight is 266 g/mol. The summed E-state index contributed by atoms with van der Waals surface area (Å²) in [5.74, 6) is 0.283. The van der Waals surface area contributed by atoms with Gasteiger partial charge in [0.25, 0.3) is 0 Å². The van der Waals surface area contributed by atoms with E-state index in [9.17, 15) is 4.57 Å². The highest BCUT2D eigenvalue weighted by atomic mass is 31.2. The second kappa shape index (κ2) is 4.82. The van der Waals surface area contributed by atoms with Crippen LogP contribution in [0.1, 0.15) is 0 Å². The SMILES string of the molecule is O=P(O)(O)Oc1ccc(-c2ccc(O)cc2)cc1. The van der Waals surface area contributed by atoms with Gasteiger partial charge in [0.2, 0.25) is 0 Å². The molecule has 18 heavy (non-hydrogen) atoms. The number of phosphoric ester groups is 1. The van der Waals surface area contributed by atoms with E-state index in [1.54, 1.807) is 36.4 Å². The summed E-state index contributed by atoms with van der Waals surface area (Å²) in [5.41, 5.74) is 1.74. The van der Waals surface area contributed by atoms with Crippen LogP contribution in [0.5, 0.6) is 11.5 Å². The standard InChI is InChI=1S/C12H11O5P/c13-11-5-1-9(2-6-11)10-3-7-12(8-4-10)17-18(14,15)16/h1-8,13H,(H2,14,15,16). The lowest BCUT2D eigenvalue weighted by atomic mass is 10.1. The lowest BCUT2D eigenvalue weighted by Gasteiger charge is -2.07. The third kappa shape index (κ3) is 3.34. The first-order valence-electron chi connectivity index (χ1n) is 5.09. The van der Waals surface area contributed by atoms with Crippen molar-refractivity contribution in [1.82, 2.24) is 0 Å². The predicted octanol–water partition coefficient (Wildman–Crippen LogP) is 2.53. The molecule has 2 aromatic carbocycles. The Labute approximate surface area is 104 Å². The Kier molecular flexibility index (Phi) is 3.39. The smallest absolute Gasteiger partial charge is 0.508 e. The number of aromatic hydroxyl groups is 1. The Morgan fingerprint density at radius 1 is 0.833 bits per heavy atom. The Hall–Kier alpha value is -1.81. The van der Waals surface area contributed by atoms with Gasteiger partial charge in [-0.05, 0) is 35.4 Å². The van der Waals surface area contributed by atoms with Crippen LogP contribution in [0.15, 0.2) is 48.5 Å². The van der Waals surface area contributed by atoms with Gasteiger partial charge in [0.1, 0.15) is 11.5 Å². The van der Waals surface area contributed by atoms with Gasteiger partial charge < -0.3 is 9.63 Å². The van der Waals surface area contributed by atoms with Crippen LogP contribution in [0.2, 0.25) is 0 Å². The Balaban J connectivity index is 2.22. The maximum absolute atomic E-state index is 10.6. The number of hydrogen-bond donors (Lipinski definition) is 3. The first kappa shape index (κ1) is 12.6. The molecule has 5 nitrogen and oxygen atoms in total. The number of phenolic OH excluding ortho intramolecular Hbond substituents is 1. The van der Waals surface area contributed by atoms with Crippen molar-refractivity contribution in [3.8, 4) is 22.6 Å². The van der Waals surface area contributed by atoms with E-state index >= 15 is 0 Å². The molecule has 6 heteroatoms. The first-order chi connectivity index (χ1) is 8.44. The van der Waals surface area contributed by atoms with Crippen molar-refractivity contribution in [2.24, 2.45) is 0 Å². The van der Waals surface area contributed by atoms with Crippen molar-refractivity contribution in [3.05, 3.63) is 48.5 Å². The molecule has 0 saturated carbocycles. The molecule has 0 aliphatic heterocycles. The number of phosphoric acid groups is 1. The summed E-state index contributed by atoms with van der Waals surface area (Å²) in [4.78, 5) is 17.3. The van der Waals surface area contributed by atoms with E-state index in [-0.39, 0.29) is 11.5 Å². The Bertz CT molecular complexity index is 570. The van der Waals surface area contributed by atoms with Crippen LogP contribution in [0.4, 0.5) is 0 Å². The first-order valence-corrected chi connectivity index (χ1v) is 6.62. The molecule has 2 rings (SSSR count). The molecule has 0 bridgehead atoms. The minimum atomic E-state index is -4.51. The van der Waals surface area contributed by atoms with Gasteiger partial charge in [-0.2, -0.15) is 0 Å². The third-order valence-electron chi connectivity index (χ3n) is 2.28. The zero-order chi connectivity index (χ0) is 13.2. The van der Waals surface area contributed by atoms with Gasteiger partial charge in [0, 0.05) is 0 Å². The number of benzene rings is 2. The van der Waals surface area contributed by atoms with Crippen LogP contribution in [0, 0.1) is 0 Å². The summed E-state index contributed by atoms with van der Waals surface area (Å²) < 4.78 is 15.1. The zero-order valence-electron chi connectivity index (χ0n) is 9.22. The van der Waals surface area contributed by atoms with Crippen LogP contribution in [-0.2, 0) is 4.57 Å². The minimum absolute atomic E-state index is 0.103. The maximum atomic E-state index is 10.6. The van der Waals surface area contributed by atoms with Crippen molar-refractivity contribution in [1.29, 1.82) is 0 Å². The lowest BCUT2D eigenvalue weighted by Crippen LogP contribution is -1.89. The molecule has 3 N–H and O–H groups in total. The lowest BCUT2D eigenvalue weighted by molar-refractivity contribution is 0.283. The van der Waals surface area contributed by atoms with Gasteiger partial charge in [-0.15, -0.1) is 0 Å². The summed E-state index contributed by atoms with van der Waals surface area (Å²) >= 11 is 0. The second-order valence-corrected chi connectivity index (χ2v) is 4.82. The second-order valence-electron chi connectivity index (χ2n) is 3.65. The summed E-state index contributed by atoms with van der Waals surface area (Å²) in [5, 5.41) is 9.17. The molecule has 94 valence electrons. The topological polar surface area (TPSA) is 87.0 Å². The molecule has 0 aliphatic carbocycles. The zero-order valence-corrected chi connectivity index (χ0v) is 10.1. The molecular weight excluding hydrogens is 255 g/mol. The van der Waals surface area contributed by atoms with E-state index in [0.717, 1.165) is 11.1 Å². The van der Waals surface area contributed by atoms with Crippen LogP contribution in [0.25, 0.3) is 11.1 Å². The normalized spacial score (nSPS) is 11.2. The van der Waals surface area contributed by atoms with E-state index in [2.05, 4.69) is 4.52 Å². The van der Waals surface area contributed by atoms with Crippen LogP contribution in [-0.4, -0.2) is 14.9 Å². The van der Waals surface area contributed by atoms with Gasteiger partial charge in [0.05, 0.1) is 0 Å². The molecule has 0 aromatic heterocycles. The van der Waals surface area contributed by atoms with Gasteiger partial charge in [0.15, 0.2) is 0 Å². The predicted molar refractivity (Wildman–Crippen MR) is 66.2 cm³/mol. The summed E-state index contributed by atoms with van der Waals surface area (Å²) in [7, 11) is -4.51. The fraction of sp³-hybridized carbons (Fsp3) is 0. The van der Waals surface area contributed by atoms with Crippen molar-refractivity contribution in [3.63, 3.8) is 0 Å². The molecule has 0 spiro atoms. The highest BCUT2D eigenvalue weighted by Gasteiger charge is 2.15. The Morgan fingerprint density at radius 3 is 1.72 bits per heavy atom. The summed E-state index contributed by atoms with van der Waals surface area (Å²) in [6.45, 7) is 0. The molecule has 0 aliphatic rings. The maximum Gasteiger partial charge on any atom is 0.524 e. The van der Waals surface area contributed by atoms with E-state index in [0.29, 0.717) is 0 Å². The summed E-state index contributed by atoms with van der Waals surface area (Å²) in [6.07, 6.45) is 0. The third-order valence-corrected chi connectivity index (χ3v) is 2.73. The van der Waals surface area contributed by atoms with E-state index in [1.807, 2.05) is 0 Å². The molecule has 0 saturated heterocycles. The fourth-order valence-electron chi connectivity index (χ4n) is 1.50. The van der Waals surface area contributed by atoms with Crippen LogP contribution < -0.4 is 4.52 Å². The van der Waals surface area contributed by atoms with Crippen molar-refractivity contribution >= 4 is 7.82 Å². The fourth-order valence-corrected chi connectivity index (χ4v) is 1.90. The minimum Gasteiger partial charge on any atom is -0.508 e. The van der Waals surface area contributed by atoms with Gasteiger partial charge in [-0.25, -0.2) is 4.57 Å². The summed E-state index contributed by atoms with van der Waals surface area (Å²) in [6, 6.07) is 12.9. The van der Waals surface area contributed by atoms with Crippen LogP contribution >= 0.6 is 7.82 Å². The molecule has 0 atom stereocenters. The molecule has 0 radical (unpaired) electrons. The van der Waals surface area contributed by atoms with Crippen molar-refractivity contribution < 1.29 is 24.0 Å². The molecule has 0 unspecified atom stereocenters. The molecule has 0 amide bonds. The Morgan fingerprint density at radius 2 is 1.28 bits per heavy atom. The van der Waals surface area contributed by atoms with Gasteiger partial charge in [-0.1, -0.05) is 24.3 Å². The highest BCUT2D eigenvalue weighted by Crippen LogP contribution is 2.38. The largest absolute Gasteiger partial charge is 0.524 e. The number of rotatable bonds is 3. The van der Waals surface area contributed by atoms with Gasteiger partial charge in [-0.3, -0.25) is 9.79 Å². The monoisotopic (exact) mass is 266 g/mol. The van der Waals surface area contributed by atoms with E-state index in [1.165, 1.54) is 12.1 Å². The highest BCUT2D eigenvalue weighted by molar-refractivity contribution is 7.46. The molecule has 0 fully saturated rings. The van der Waals surface area contributed by atoms with E-state index < -0.39 is 7.82 Å². The quantitative estimate of drug-likeness (QED) is 0.743. The molecule has 0 heterocycles. The van der Waals surface area contributed by atoms with Gasteiger partial charge >= 0.3 is 7.82 Å². The molecule has 2 aromatic rings. The number of phenols is 1. The molecular formula is C12H11O5P. The average Bonchev–Trinajstić information content (AvgIpc) is 2.29. The van der Waals surface area contributed by atoms with Crippen LogP contribution in [0.3, 0.4) is 0 Å². The van der Waals surface area contributed by atoms with E-state index in [4.69, 9.17) is 14.9 Å².